The fourth-order valence-electron chi connectivity index (χ4n) is 3.49. The molecule has 3 N–H and O–H groups in total. The summed E-state index contributed by atoms with van der Waals surface area (Å²) in [6, 6.07) is 5.03. The quantitative estimate of drug-likeness (QED) is 0.610. The van der Waals surface area contributed by atoms with Crippen molar-refractivity contribution in [1.29, 1.82) is 0 Å². The smallest absolute Gasteiger partial charge is 0.338 e. The Labute approximate surface area is 148 Å². The minimum atomic E-state index is -0.368. The molecule has 1 aromatic rings. The molecule has 1 amide bonds. The average molecular weight is 346 g/mol. The standard InChI is InChI=1S/C19H26N2O4/c20-16-10-9-13(19(23)25-15-7-3-4-8-15)11-17(16)24-12-18(22)21-14-5-1-2-6-14/h9-11,14-15H,1-8,12,20H2,(H,21,22). The molecule has 2 fully saturated rings. The Balaban J connectivity index is 1.55. The van der Waals surface area contributed by atoms with Gasteiger partial charge in [-0.2, -0.15) is 0 Å². The number of nitrogens with two attached hydrogens (primary N) is 1. The van der Waals surface area contributed by atoms with Crippen LogP contribution in [0.5, 0.6) is 5.75 Å². The van der Waals surface area contributed by atoms with Crippen molar-refractivity contribution in [2.75, 3.05) is 12.3 Å². The number of anilines is 1. The Kier molecular flexibility index (Phi) is 5.79. The summed E-state index contributed by atoms with van der Waals surface area (Å²) in [6.07, 6.45) is 8.41. The van der Waals surface area contributed by atoms with Gasteiger partial charge in [-0.15, -0.1) is 0 Å². The number of amides is 1. The van der Waals surface area contributed by atoms with E-state index in [-0.39, 0.29) is 30.6 Å². The second-order valence-corrected chi connectivity index (χ2v) is 6.90. The Morgan fingerprint density at radius 3 is 2.48 bits per heavy atom. The van der Waals surface area contributed by atoms with Gasteiger partial charge in [-0.25, -0.2) is 4.79 Å². The molecule has 3 rings (SSSR count). The Morgan fingerprint density at radius 2 is 1.76 bits per heavy atom. The summed E-state index contributed by atoms with van der Waals surface area (Å²) >= 11 is 0. The van der Waals surface area contributed by atoms with Crippen LogP contribution in [0.3, 0.4) is 0 Å². The SMILES string of the molecule is Nc1ccc(C(=O)OC2CCCC2)cc1OCC(=O)NC1CCCC1. The number of carbonyl (C=O) groups is 2. The summed E-state index contributed by atoms with van der Waals surface area (Å²) in [5.41, 5.74) is 6.68. The van der Waals surface area contributed by atoms with Crippen molar-refractivity contribution in [2.24, 2.45) is 0 Å². The summed E-state index contributed by atoms with van der Waals surface area (Å²) in [6.45, 7) is -0.109. The molecule has 0 aliphatic heterocycles. The van der Waals surface area contributed by atoms with Gasteiger partial charge in [-0.3, -0.25) is 4.79 Å². The first-order valence-corrected chi connectivity index (χ1v) is 9.14. The Morgan fingerprint density at radius 1 is 1.08 bits per heavy atom. The lowest BCUT2D eigenvalue weighted by Gasteiger charge is -2.15. The van der Waals surface area contributed by atoms with E-state index in [1.54, 1.807) is 18.2 Å². The van der Waals surface area contributed by atoms with E-state index in [1.165, 1.54) is 0 Å². The molecule has 2 aliphatic carbocycles. The zero-order chi connectivity index (χ0) is 17.6. The predicted molar refractivity (Wildman–Crippen MR) is 94.4 cm³/mol. The number of hydrogen-bond donors (Lipinski definition) is 2. The minimum absolute atomic E-state index is 0.00612. The highest BCUT2D eigenvalue weighted by Crippen LogP contribution is 2.26. The molecule has 6 heteroatoms. The van der Waals surface area contributed by atoms with E-state index in [4.69, 9.17) is 15.2 Å². The average Bonchev–Trinajstić information content (AvgIpc) is 3.28. The predicted octanol–water partition coefficient (Wildman–Crippen LogP) is 2.81. The van der Waals surface area contributed by atoms with Gasteiger partial charge >= 0.3 is 5.97 Å². The van der Waals surface area contributed by atoms with Crippen molar-refractivity contribution < 1.29 is 19.1 Å². The van der Waals surface area contributed by atoms with Gasteiger partial charge in [0.1, 0.15) is 11.9 Å². The van der Waals surface area contributed by atoms with Gasteiger partial charge in [0.15, 0.2) is 6.61 Å². The monoisotopic (exact) mass is 346 g/mol. The summed E-state index contributed by atoms with van der Waals surface area (Å²) < 4.78 is 11.0. The van der Waals surface area contributed by atoms with Gasteiger partial charge in [0.25, 0.3) is 5.91 Å². The van der Waals surface area contributed by atoms with Gasteiger partial charge in [-0.1, -0.05) is 12.8 Å². The number of carbonyl (C=O) groups excluding carboxylic acids is 2. The minimum Gasteiger partial charge on any atom is -0.482 e. The molecule has 6 nitrogen and oxygen atoms in total. The third-order valence-electron chi connectivity index (χ3n) is 4.90. The number of nitrogens with one attached hydrogen (secondary N) is 1. The molecule has 0 heterocycles. The first-order chi connectivity index (χ1) is 12.1. The largest absolute Gasteiger partial charge is 0.482 e. The van der Waals surface area contributed by atoms with Crippen LogP contribution >= 0.6 is 0 Å². The molecule has 25 heavy (non-hydrogen) atoms. The van der Waals surface area contributed by atoms with Crippen LogP contribution in [0, 0.1) is 0 Å². The van der Waals surface area contributed by atoms with E-state index >= 15 is 0 Å². The molecule has 0 saturated heterocycles. The van der Waals surface area contributed by atoms with Crippen LogP contribution in [-0.4, -0.2) is 30.6 Å². The van der Waals surface area contributed by atoms with Crippen LogP contribution in [-0.2, 0) is 9.53 Å². The van der Waals surface area contributed by atoms with Crippen LogP contribution in [0.2, 0.25) is 0 Å². The van der Waals surface area contributed by atoms with Crippen LogP contribution in [0.4, 0.5) is 5.69 Å². The molecule has 0 bridgehead atoms. The zero-order valence-electron chi connectivity index (χ0n) is 14.5. The number of ether oxygens (including phenoxy) is 2. The van der Waals surface area contributed by atoms with E-state index < -0.39 is 0 Å². The molecule has 2 saturated carbocycles. The van der Waals surface area contributed by atoms with Crippen molar-refractivity contribution in [3.05, 3.63) is 23.8 Å². The third kappa shape index (κ3) is 4.87. The normalized spacial score (nSPS) is 18.2. The van der Waals surface area contributed by atoms with Crippen molar-refractivity contribution in [3.8, 4) is 5.75 Å². The highest BCUT2D eigenvalue weighted by atomic mass is 16.5. The molecule has 0 aromatic heterocycles. The summed E-state index contributed by atoms with van der Waals surface area (Å²) in [7, 11) is 0. The van der Waals surface area contributed by atoms with E-state index in [1.807, 2.05) is 0 Å². The molecule has 1 aromatic carbocycles. The zero-order valence-corrected chi connectivity index (χ0v) is 14.5. The van der Waals surface area contributed by atoms with Crippen molar-refractivity contribution in [3.63, 3.8) is 0 Å². The van der Waals surface area contributed by atoms with E-state index in [0.29, 0.717) is 17.0 Å². The molecular weight excluding hydrogens is 320 g/mol. The van der Waals surface area contributed by atoms with Crippen LogP contribution < -0.4 is 15.8 Å². The van der Waals surface area contributed by atoms with Gasteiger partial charge in [0.05, 0.1) is 11.3 Å². The number of esters is 1. The van der Waals surface area contributed by atoms with Gasteiger partial charge in [0.2, 0.25) is 0 Å². The Bertz CT molecular complexity index is 620. The first-order valence-electron chi connectivity index (χ1n) is 9.14. The second kappa shape index (κ2) is 8.23. The topological polar surface area (TPSA) is 90.7 Å². The highest BCUT2D eigenvalue weighted by molar-refractivity contribution is 5.91. The van der Waals surface area contributed by atoms with Crippen molar-refractivity contribution in [1.82, 2.24) is 5.32 Å². The lowest BCUT2D eigenvalue weighted by Crippen LogP contribution is -2.36. The summed E-state index contributed by atoms with van der Waals surface area (Å²) in [5, 5.41) is 2.96. The summed E-state index contributed by atoms with van der Waals surface area (Å²) in [5.74, 6) is -0.195. The molecule has 0 atom stereocenters. The molecular formula is C19H26N2O4. The van der Waals surface area contributed by atoms with Crippen molar-refractivity contribution in [2.45, 2.75) is 63.5 Å². The van der Waals surface area contributed by atoms with Crippen LogP contribution in [0.1, 0.15) is 61.7 Å². The first kappa shape index (κ1) is 17.6. The lowest BCUT2D eigenvalue weighted by molar-refractivity contribution is -0.123. The molecule has 2 aliphatic rings. The van der Waals surface area contributed by atoms with Crippen molar-refractivity contribution >= 4 is 17.6 Å². The van der Waals surface area contributed by atoms with Crippen LogP contribution in [0.15, 0.2) is 18.2 Å². The lowest BCUT2D eigenvalue weighted by atomic mass is 10.2. The summed E-state index contributed by atoms with van der Waals surface area (Å²) in [4.78, 5) is 24.2. The Hall–Kier alpha value is -2.24. The number of hydrogen-bond acceptors (Lipinski definition) is 5. The molecule has 0 unspecified atom stereocenters. The van der Waals surface area contributed by atoms with E-state index in [2.05, 4.69) is 5.32 Å². The fraction of sp³-hybridized carbons (Fsp3) is 0.579. The fourth-order valence-corrected chi connectivity index (χ4v) is 3.49. The maximum atomic E-state index is 12.2. The number of nitrogen functional groups attached to an aromatic ring is 1. The number of rotatable bonds is 6. The van der Waals surface area contributed by atoms with E-state index in [0.717, 1.165) is 51.4 Å². The van der Waals surface area contributed by atoms with Gasteiger partial charge in [0, 0.05) is 6.04 Å². The maximum Gasteiger partial charge on any atom is 0.338 e. The van der Waals surface area contributed by atoms with Gasteiger partial charge in [-0.05, 0) is 56.7 Å². The number of benzene rings is 1. The molecule has 136 valence electrons. The van der Waals surface area contributed by atoms with E-state index in [9.17, 15) is 9.59 Å². The highest BCUT2D eigenvalue weighted by Gasteiger charge is 2.21. The molecule has 0 radical (unpaired) electrons. The second-order valence-electron chi connectivity index (χ2n) is 6.90. The molecule has 0 spiro atoms. The maximum absolute atomic E-state index is 12.2. The third-order valence-corrected chi connectivity index (χ3v) is 4.90. The van der Waals surface area contributed by atoms with Gasteiger partial charge < -0.3 is 20.5 Å². The van der Waals surface area contributed by atoms with Crippen LogP contribution in [0.25, 0.3) is 0 Å².